The third kappa shape index (κ3) is 5.87. The van der Waals surface area contributed by atoms with E-state index in [0.29, 0.717) is 5.92 Å². The minimum absolute atomic E-state index is 0.184. The lowest BCUT2D eigenvalue weighted by Gasteiger charge is -2.31. The summed E-state index contributed by atoms with van der Waals surface area (Å²) in [6, 6.07) is 8.22. The number of benzene rings is 1. The molecule has 0 radical (unpaired) electrons. The molecule has 1 aliphatic heterocycles. The Kier molecular flexibility index (Phi) is 6.90. The first-order chi connectivity index (χ1) is 11.1. The van der Waals surface area contributed by atoms with E-state index in [1.807, 2.05) is 12.1 Å². The summed E-state index contributed by atoms with van der Waals surface area (Å²) in [5.74, 6) is 1.97. The zero-order valence-corrected chi connectivity index (χ0v) is 14.7. The van der Waals surface area contributed by atoms with Crippen LogP contribution in [0.3, 0.4) is 0 Å². The third-order valence-corrected chi connectivity index (χ3v) is 4.52. The SMILES string of the molecule is COc1cccc(CN2CCC(C(=O)NCCC(C)C)CC2)c1. The highest BCUT2D eigenvalue weighted by Crippen LogP contribution is 2.21. The Morgan fingerprint density at radius 1 is 1.35 bits per heavy atom. The van der Waals surface area contributed by atoms with E-state index in [2.05, 4.69) is 36.2 Å². The molecule has 1 saturated heterocycles. The van der Waals surface area contributed by atoms with Crippen LogP contribution in [-0.2, 0) is 11.3 Å². The van der Waals surface area contributed by atoms with Gasteiger partial charge in [-0.15, -0.1) is 0 Å². The molecule has 4 nitrogen and oxygen atoms in total. The number of piperidine rings is 1. The van der Waals surface area contributed by atoms with Gasteiger partial charge in [-0.3, -0.25) is 9.69 Å². The van der Waals surface area contributed by atoms with Gasteiger partial charge < -0.3 is 10.1 Å². The van der Waals surface area contributed by atoms with Crippen LogP contribution in [0, 0.1) is 11.8 Å². The molecule has 0 spiro atoms. The van der Waals surface area contributed by atoms with Crippen molar-refractivity contribution in [2.75, 3.05) is 26.7 Å². The maximum absolute atomic E-state index is 12.2. The molecule has 1 fully saturated rings. The van der Waals surface area contributed by atoms with Crippen molar-refractivity contribution in [2.45, 2.75) is 39.7 Å². The molecule has 0 bridgehead atoms. The van der Waals surface area contributed by atoms with Crippen LogP contribution in [0.1, 0.15) is 38.7 Å². The molecule has 0 atom stereocenters. The second-order valence-corrected chi connectivity index (χ2v) is 6.88. The van der Waals surface area contributed by atoms with Gasteiger partial charge in [-0.05, 0) is 56.0 Å². The number of hydrogen-bond donors (Lipinski definition) is 1. The average molecular weight is 318 g/mol. The van der Waals surface area contributed by atoms with Gasteiger partial charge in [-0.1, -0.05) is 26.0 Å². The Morgan fingerprint density at radius 3 is 2.74 bits per heavy atom. The van der Waals surface area contributed by atoms with E-state index in [4.69, 9.17) is 4.74 Å². The van der Waals surface area contributed by atoms with Gasteiger partial charge in [-0.25, -0.2) is 0 Å². The fourth-order valence-corrected chi connectivity index (χ4v) is 3.01. The molecular weight excluding hydrogens is 288 g/mol. The predicted molar refractivity (Wildman–Crippen MR) is 93.5 cm³/mol. The Labute approximate surface area is 140 Å². The molecular formula is C19H30N2O2. The molecule has 0 aliphatic carbocycles. The second kappa shape index (κ2) is 8.92. The van der Waals surface area contributed by atoms with Crippen molar-refractivity contribution in [3.8, 4) is 5.75 Å². The monoisotopic (exact) mass is 318 g/mol. The van der Waals surface area contributed by atoms with E-state index in [1.165, 1.54) is 5.56 Å². The summed E-state index contributed by atoms with van der Waals surface area (Å²) >= 11 is 0. The van der Waals surface area contributed by atoms with Gasteiger partial charge >= 0.3 is 0 Å². The van der Waals surface area contributed by atoms with Crippen LogP contribution in [0.15, 0.2) is 24.3 Å². The standard InChI is InChI=1S/C19H30N2O2/c1-15(2)7-10-20-19(22)17-8-11-21(12-9-17)14-16-5-4-6-18(13-16)23-3/h4-6,13,15,17H,7-12,14H2,1-3H3,(H,20,22). The summed E-state index contributed by atoms with van der Waals surface area (Å²) in [6.45, 7) is 8.07. The van der Waals surface area contributed by atoms with Crippen LogP contribution in [-0.4, -0.2) is 37.6 Å². The van der Waals surface area contributed by atoms with Gasteiger partial charge in [0.05, 0.1) is 7.11 Å². The van der Waals surface area contributed by atoms with E-state index >= 15 is 0 Å². The van der Waals surface area contributed by atoms with E-state index in [1.54, 1.807) is 7.11 Å². The molecule has 0 saturated carbocycles. The van der Waals surface area contributed by atoms with Crippen molar-refractivity contribution in [1.82, 2.24) is 10.2 Å². The van der Waals surface area contributed by atoms with Crippen LogP contribution < -0.4 is 10.1 Å². The molecule has 1 heterocycles. The highest BCUT2D eigenvalue weighted by atomic mass is 16.5. The quantitative estimate of drug-likeness (QED) is 0.840. The van der Waals surface area contributed by atoms with Gasteiger partial charge in [0.1, 0.15) is 5.75 Å². The first-order valence-electron chi connectivity index (χ1n) is 8.71. The van der Waals surface area contributed by atoms with Gasteiger partial charge in [-0.2, -0.15) is 0 Å². The molecule has 1 N–H and O–H groups in total. The maximum atomic E-state index is 12.2. The van der Waals surface area contributed by atoms with Crippen molar-refractivity contribution in [3.63, 3.8) is 0 Å². The van der Waals surface area contributed by atoms with Gasteiger partial charge in [0, 0.05) is 19.0 Å². The van der Waals surface area contributed by atoms with Crippen molar-refractivity contribution in [3.05, 3.63) is 29.8 Å². The zero-order valence-electron chi connectivity index (χ0n) is 14.7. The number of nitrogens with zero attached hydrogens (tertiary/aromatic N) is 1. The summed E-state index contributed by atoms with van der Waals surface area (Å²) < 4.78 is 5.28. The number of likely N-dealkylation sites (tertiary alicyclic amines) is 1. The highest BCUT2D eigenvalue weighted by molar-refractivity contribution is 5.78. The number of carbonyl (C=O) groups is 1. The maximum Gasteiger partial charge on any atom is 0.223 e. The number of hydrogen-bond acceptors (Lipinski definition) is 3. The van der Waals surface area contributed by atoms with Crippen LogP contribution >= 0.6 is 0 Å². The number of amides is 1. The van der Waals surface area contributed by atoms with Crippen LogP contribution in [0.2, 0.25) is 0 Å². The number of methoxy groups -OCH3 is 1. The fraction of sp³-hybridized carbons (Fsp3) is 0.632. The molecule has 4 heteroatoms. The number of rotatable bonds is 7. The van der Waals surface area contributed by atoms with E-state index in [0.717, 1.165) is 51.2 Å². The lowest BCUT2D eigenvalue weighted by Crippen LogP contribution is -2.40. The Hall–Kier alpha value is -1.55. The molecule has 1 aromatic carbocycles. The lowest BCUT2D eigenvalue weighted by molar-refractivity contribution is -0.126. The number of ether oxygens (including phenoxy) is 1. The molecule has 23 heavy (non-hydrogen) atoms. The average Bonchev–Trinajstić information content (AvgIpc) is 2.55. The highest BCUT2D eigenvalue weighted by Gasteiger charge is 2.24. The van der Waals surface area contributed by atoms with Gasteiger partial charge in [0.2, 0.25) is 5.91 Å². The summed E-state index contributed by atoms with van der Waals surface area (Å²) in [5, 5.41) is 3.09. The summed E-state index contributed by atoms with van der Waals surface area (Å²) in [4.78, 5) is 14.6. The summed E-state index contributed by atoms with van der Waals surface area (Å²) in [6.07, 6.45) is 2.97. The molecule has 0 unspecified atom stereocenters. The second-order valence-electron chi connectivity index (χ2n) is 6.88. The van der Waals surface area contributed by atoms with Crippen LogP contribution in [0.4, 0.5) is 0 Å². The molecule has 1 amide bonds. The molecule has 0 aromatic heterocycles. The van der Waals surface area contributed by atoms with Gasteiger partial charge in [0.25, 0.3) is 0 Å². The zero-order chi connectivity index (χ0) is 16.7. The van der Waals surface area contributed by atoms with E-state index in [-0.39, 0.29) is 11.8 Å². The minimum atomic E-state index is 0.184. The smallest absolute Gasteiger partial charge is 0.223 e. The molecule has 2 rings (SSSR count). The van der Waals surface area contributed by atoms with Crippen molar-refractivity contribution in [2.24, 2.45) is 11.8 Å². The molecule has 128 valence electrons. The lowest BCUT2D eigenvalue weighted by atomic mass is 9.95. The van der Waals surface area contributed by atoms with Crippen molar-refractivity contribution < 1.29 is 9.53 Å². The topological polar surface area (TPSA) is 41.6 Å². The summed E-state index contributed by atoms with van der Waals surface area (Å²) in [5.41, 5.74) is 1.27. The predicted octanol–water partition coefficient (Wildman–Crippen LogP) is 3.07. The van der Waals surface area contributed by atoms with Crippen LogP contribution in [0.25, 0.3) is 0 Å². The largest absolute Gasteiger partial charge is 0.497 e. The van der Waals surface area contributed by atoms with Crippen molar-refractivity contribution >= 4 is 5.91 Å². The van der Waals surface area contributed by atoms with Gasteiger partial charge in [0.15, 0.2) is 0 Å². The van der Waals surface area contributed by atoms with Crippen molar-refractivity contribution in [1.29, 1.82) is 0 Å². The van der Waals surface area contributed by atoms with Crippen LogP contribution in [0.5, 0.6) is 5.75 Å². The fourth-order valence-electron chi connectivity index (χ4n) is 3.01. The molecule has 1 aliphatic rings. The Balaban J connectivity index is 1.74. The first kappa shape index (κ1) is 17.8. The normalized spacial score (nSPS) is 16.5. The Morgan fingerprint density at radius 2 is 2.09 bits per heavy atom. The minimum Gasteiger partial charge on any atom is -0.497 e. The number of nitrogens with one attached hydrogen (secondary N) is 1. The summed E-state index contributed by atoms with van der Waals surface area (Å²) in [7, 11) is 1.70. The molecule has 1 aromatic rings. The van der Waals surface area contributed by atoms with E-state index in [9.17, 15) is 4.79 Å². The Bertz CT molecular complexity index is 494. The van der Waals surface area contributed by atoms with E-state index < -0.39 is 0 Å². The first-order valence-corrected chi connectivity index (χ1v) is 8.71. The third-order valence-electron chi connectivity index (χ3n) is 4.52. The number of carbonyl (C=O) groups excluding carboxylic acids is 1.